The van der Waals surface area contributed by atoms with E-state index in [9.17, 15) is 0 Å². The lowest BCUT2D eigenvalue weighted by atomic mass is 10.1. The van der Waals surface area contributed by atoms with Gasteiger partial charge >= 0.3 is 0 Å². The Morgan fingerprint density at radius 2 is 1.18 bits per heavy atom. The highest BCUT2D eigenvalue weighted by Crippen LogP contribution is 2.01. The van der Waals surface area contributed by atoms with Crippen LogP contribution in [0.15, 0.2) is 30.3 Å². The monoisotopic (exact) mass is 306 g/mol. The van der Waals surface area contributed by atoms with Crippen LogP contribution in [0, 0.1) is 0 Å². The van der Waals surface area contributed by atoms with E-state index in [0.29, 0.717) is 6.61 Å². The predicted octanol–water partition coefficient (Wildman–Crippen LogP) is 3.48. The summed E-state index contributed by atoms with van der Waals surface area (Å²) >= 11 is 0. The number of hydrogen-bond acceptors (Lipinski definition) is 3. The molecule has 0 heterocycles. The number of unbranched alkanes of at least 4 members (excludes halogenated alkanes) is 6. The smallest absolute Gasteiger partial charge is 0.0431 e. The van der Waals surface area contributed by atoms with Gasteiger partial charge in [0.05, 0.1) is 0 Å². The molecule has 1 aromatic carbocycles. The zero-order chi connectivity index (χ0) is 15.7. The Kier molecular flexibility index (Phi) is 13.1. The van der Waals surface area contributed by atoms with Gasteiger partial charge in [-0.3, -0.25) is 0 Å². The molecule has 0 aliphatic carbocycles. The Bertz CT molecular complexity index is 329. The first-order chi connectivity index (χ1) is 10.9. The van der Waals surface area contributed by atoms with Gasteiger partial charge in [0.25, 0.3) is 0 Å². The zero-order valence-corrected chi connectivity index (χ0v) is 14.0. The minimum Gasteiger partial charge on any atom is -0.396 e. The van der Waals surface area contributed by atoms with Gasteiger partial charge in [-0.1, -0.05) is 56.0 Å². The van der Waals surface area contributed by atoms with Crippen LogP contribution in [-0.2, 0) is 6.54 Å². The summed E-state index contributed by atoms with van der Waals surface area (Å²) in [7, 11) is 0. The number of aliphatic hydroxyl groups excluding tert-OH is 1. The van der Waals surface area contributed by atoms with Crippen LogP contribution >= 0.6 is 0 Å². The van der Waals surface area contributed by atoms with Crippen LogP contribution in [0.25, 0.3) is 0 Å². The highest BCUT2D eigenvalue weighted by Gasteiger charge is 1.93. The molecule has 0 aliphatic heterocycles. The van der Waals surface area contributed by atoms with Crippen molar-refractivity contribution in [3.05, 3.63) is 35.9 Å². The van der Waals surface area contributed by atoms with E-state index in [0.717, 1.165) is 39.0 Å². The summed E-state index contributed by atoms with van der Waals surface area (Å²) in [5.41, 5.74) is 1.37. The number of benzene rings is 1. The second kappa shape index (κ2) is 15.0. The Hall–Kier alpha value is -0.900. The fourth-order valence-electron chi connectivity index (χ4n) is 2.52. The third-order valence-corrected chi connectivity index (χ3v) is 3.89. The molecule has 0 saturated heterocycles. The quantitative estimate of drug-likeness (QED) is 0.435. The molecule has 3 heteroatoms. The molecule has 1 rings (SSSR count). The van der Waals surface area contributed by atoms with Gasteiger partial charge in [-0.05, 0) is 50.9 Å². The van der Waals surface area contributed by atoms with Crippen molar-refractivity contribution in [3.63, 3.8) is 0 Å². The van der Waals surface area contributed by atoms with E-state index in [2.05, 4.69) is 41.0 Å². The standard InChI is InChI=1S/C19H34N2O/c22-17-11-4-3-9-15-20-14-8-1-2-10-16-21-18-19-12-6-5-7-13-19/h5-7,12-13,20-22H,1-4,8-11,14-18H2. The first kappa shape index (κ1) is 19.1. The molecule has 126 valence electrons. The highest BCUT2D eigenvalue weighted by molar-refractivity contribution is 5.14. The largest absolute Gasteiger partial charge is 0.396 e. The summed E-state index contributed by atoms with van der Waals surface area (Å²) in [6, 6.07) is 10.6. The molecule has 3 nitrogen and oxygen atoms in total. The van der Waals surface area contributed by atoms with Gasteiger partial charge in [-0.2, -0.15) is 0 Å². The van der Waals surface area contributed by atoms with Crippen molar-refractivity contribution in [2.75, 3.05) is 26.2 Å². The second-order valence-corrected chi connectivity index (χ2v) is 5.96. The molecular weight excluding hydrogens is 272 g/mol. The summed E-state index contributed by atoms with van der Waals surface area (Å²) in [6.45, 7) is 4.72. The summed E-state index contributed by atoms with van der Waals surface area (Å²) in [4.78, 5) is 0. The lowest BCUT2D eigenvalue weighted by Crippen LogP contribution is -2.17. The Balaban J connectivity index is 1.73. The lowest BCUT2D eigenvalue weighted by molar-refractivity contribution is 0.282. The Labute approximate surface area is 136 Å². The molecular formula is C19H34N2O. The molecule has 1 aromatic rings. The van der Waals surface area contributed by atoms with E-state index in [1.54, 1.807) is 0 Å². The minimum atomic E-state index is 0.341. The van der Waals surface area contributed by atoms with Gasteiger partial charge in [0.2, 0.25) is 0 Å². The maximum absolute atomic E-state index is 8.68. The number of hydrogen-bond donors (Lipinski definition) is 3. The number of rotatable bonds is 15. The van der Waals surface area contributed by atoms with Gasteiger partial charge in [-0.25, -0.2) is 0 Å². The van der Waals surface area contributed by atoms with Crippen molar-refractivity contribution in [2.45, 2.75) is 57.9 Å². The minimum absolute atomic E-state index is 0.341. The molecule has 0 spiro atoms. The van der Waals surface area contributed by atoms with Gasteiger partial charge in [-0.15, -0.1) is 0 Å². The van der Waals surface area contributed by atoms with Crippen molar-refractivity contribution >= 4 is 0 Å². The van der Waals surface area contributed by atoms with Crippen LogP contribution in [0.2, 0.25) is 0 Å². The van der Waals surface area contributed by atoms with Gasteiger partial charge < -0.3 is 15.7 Å². The maximum atomic E-state index is 8.68. The van der Waals surface area contributed by atoms with Crippen LogP contribution in [0.3, 0.4) is 0 Å². The first-order valence-electron chi connectivity index (χ1n) is 8.99. The van der Waals surface area contributed by atoms with E-state index in [1.807, 2.05) is 0 Å². The predicted molar refractivity (Wildman–Crippen MR) is 95.0 cm³/mol. The molecule has 0 aromatic heterocycles. The molecule has 0 saturated carbocycles. The van der Waals surface area contributed by atoms with E-state index in [4.69, 9.17) is 5.11 Å². The molecule has 22 heavy (non-hydrogen) atoms. The fraction of sp³-hybridized carbons (Fsp3) is 0.684. The molecule has 0 radical (unpaired) electrons. The normalized spacial score (nSPS) is 11.0. The van der Waals surface area contributed by atoms with Crippen LogP contribution in [0.1, 0.15) is 56.9 Å². The topological polar surface area (TPSA) is 44.3 Å². The Morgan fingerprint density at radius 3 is 1.77 bits per heavy atom. The molecule has 0 unspecified atom stereocenters. The average molecular weight is 306 g/mol. The fourth-order valence-corrected chi connectivity index (χ4v) is 2.52. The zero-order valence-electron chi connectivity index (χ0n) is 14.0. The molecule has 0 bridgehead atoms. The van der Waals surface area contributed by atoms with Gasteiger partial charge in [0.1, 0.15) is 0 Å². The van der Waals surface area contributed by atoms with E-state index < -0.39 is 0 Å². The van der Waals surface area contributed by atoms with Crippen molar-refractivity contribution < 1.29 is 5.11 Å². The van der Waals surface area contributed by atoms with Crippen LogP contribution in [-0.4, -0.2) is 31.3 Å². The lowest BCUT2D eigenvalue weighted by Gasteiger charge is -2.06. The van der Waals surface area contributed by atoms with Crippen molar-refractivity contribution in [1.82, 2.24) is 10.6 Å². The molecule has 3 N–H and O–H groups in total. The van der Waals surface area contributed by atoms with Crippen LogP contribution < -0.4 is 10.6 Å². The van der Waals surface area contributed by atoms with Crippen molar-refractivity contribution in [2.24, 2.45) is 0 Å². The summed E-state index contributed by atoms with van der Waals surface area (Å²) in [6.07, 6.45) is 9.80. The summed E-state index contributed by atoms with van der Waals surface area (Å²) in [5.74, 6) is 0. The molecule has 0 fully saturated rings. The maximum Gasteiger partial charge on any atom is 0.0431 e. The number of nitrogens with one attached hydrogen (secondary N) is 2. The van der Waals surface area contributed by atoms with Crippen molar-refractivity contribution in [3.8, 4) is 0 Å². The third kappa shape index (κ3) is 11.7. The van der Waals surface area contributed by atoms with Gasteiger partial charge in [0, 0.05) is 13.2 Å². The van der Waals surface area contributed by atoms with E-state index in [-0.39, 0.29) is 0 Å². The summed E-state index contributed by atoms with van der Waals surface area (Å²) < 4.78 is 0. The van der Waals surface area contributed by atoms with E-state index in [1.165, 1.54) is 44.1 Å². The van der Waals surface area contributed by atoms with Gasteiger partial charge in [0.15, 0.2) is 0 Å². The van der Waals surface area contributed by atoms with Crippen molar-refractivity contribution in [1.29, 1.82) is 0 Å². The molecule has 0 atom stereocenters. The van der Waals surface area contributed by atoms with Crippen LogP contribution in [0.5, 0.6) is 0 Å². The highest BCUT2D eigenvalue weighted by atomic mass is 16.2. The number of aliphatic hydroxyl groups is 1. The third-order valence-electron chi connectivity index (χ3n) is 3.89. The summed E-state index contributed by atoms with van der Waals surface area (Å²) in [5, 5.41) is 15.7. The Morgan fingerprint density at radius 1 is 0.636 bits per heavy atom. The van der Waals surface area contributed by atoms with E-state index >= 15 is 0 Å². The van der Waals surface area contributed by atoms with Crippen LogP contribution in [0.4, 0.5) is 0 Å². The second-order valence-electron chi connectivity index (χ2n) is 5.96. The molecule has 0 aliphatic rings. The first-order valence-corrected chi connectivity index (χ1v) is 8.99. The molecule has 0 amide bonds. The average Bonchev–Trinajstić information content (AvgIpc) is 2.56. The SMILES string of the molecule is OCCCCCCNCCCCCCNCc1ccccc1.